The van der Waals surface area contributed by atoms with Crippen LogP contribution < -0.4 is 0 Å². The van der Waals surface area contributed by atoms with Crippen molar-refractivity contribution in [3.05, 3.63) is 0 Å². The van der Waals surface area contributed by atoms with Crippen LogP contribution in [0.25, 0.3) is 0 Å². The summed E-state index contributed by atoms with van der Waals surface area (Å²) in [4.78, 5) is 32.8. The molecule has 0 aliphatic heterocycles. The number of rotatable bonds is 57. The SMILES string of the molecule is CCCCC(CC)COC(=O)CC(C(=O)OCC(CC)CCCC)S(=O)(=O)O.CCCCCCCCCCCCCCCCCCCCCCCCCCCCCCCCCCCCCCCCCO[PH](=O)O.[NaH]. The van der Waals surface area contributed by atoms with Gasteiger partial charge in [0.05, 0.1) is 26.2 Å². The molecule has 0 aromatic carbocycles. The van der Waals surface area contributed by atoms with E-state index >= 15 is 0 Å². The van der Waals surface area contributed by atoms with Crippen molar-refractivity contribution in [2.24, 2.45) is 11.8 Å². The number of unbranched alkanes of at least 4 members (excludes halogenated alkanes) is 40. The van der Waals surface area contributed by atoms with Crippen molar-refractivity contribution in [3.63, 3.8) is 0 Å². The van der Waals surface area contributed by atoms with E-state index in [0.717, 1.165) is 64.2 Å². The van der Waals surface area contributed by atoms with E-state index in [1.165, 1.54) is 238 Å². The predicted molar refractivity (Wildman–Crippen MR) is 319 cm³/mol. The van der Waals surface area contributed by atoms with Crippen molar-refractivity contribution in [2.75, 3.05) is 19.8 Å². The van der Waals surface area contributed by atoms with E-state index in [4.69, 9.17) is 18.9 Å². The Kier molecular flexibility index (Phi) is 65.8. The van der Waals surface area contributed by atoms with Gasteiger partial charge < -0.3 is 18.9 Å². The summed E-state index contributed by atoms with van der Waals surface area (Å²) in [5.41, 5.74) is 0. The zero-order valence-corrected chi connectivity index (χ0v) is 50.7. The van der Waals surface area contributed by atoms with E-state index in [1.54, 1.807) is 0 Å². The Balaban J connectivity index is -0.00000149. The third kappa shape index (κ3) is 59.7. The first-order valence-corrected chi connectivity index (χ1v) is 34.4. The zero-order chi connectivity index (χ0) is 54.1. The van der Waals surface area contributed by atoms with Gasteiger partial charge >= 0.3 is 49.8 Å². The van der Waals surface area contributed by atoms with Crippen LogP contribution in [-0.4, -0.2) is 84.4 Å². The summed E-state index contributed by atoms with van der Waals surface area (Å²) >= 11 is 0. The first kappa shape index (κ1) is 78.2. The molecule has 0 bridgehead atoms. The minimum atomic E-state index is -4.76. The summed E-state index contributed by atoms with van der Waals surface area (Å²) < 4.78 is 57.9. The molecule has 0 saturated heterocycles. The molecule has 0 saturated carbocycles. The Labute approximate surface area is 482 Å². The molecule has 0 aliphatic rings. The minimum absolute atomic E-state index is 0. The Bertz CT molecular complexity index is 1290. The number of carbonyl (C=O) groups excluding carboxylic acids is 2. The van der Waals surface area contributed by atoms with E-state index in [9.17, 15) is 27.1 Å². The number of esters is 2. The van der Waals surface area contributed by atoms with Crippen LogP contribution in [0.4, 0.5) is 0 Å². The van der Waals surface area contributed by atoms with Crippen LogP contribution in [-0.2, 0) is 38.3 Å². The number of hydrogen-bond acceptors (Lipinski definition) is 8. The molecule has 440 valence electrons. The van der Waals surface area contributed by atoms with Gasteiger partial charge in [-0.1, -0.05) is 317 Å². The fourth-order valence-corrected chi connectivity index (χ4v) is 10.7. The average Bonchev–Trinajstić information content (AvgIpc) is 3.37. The Morgan fingerprint density at radius 1 is 0.419 bits per heavy atom. The molecule has 74 heavy (non-hydrogen) atoms. The van der Waals surface area contributed by atoms with Crippen LogP contribution in [0.15, 0.2) is 0 Å². The van der Waals surface area contributed by atoms with Gasteiger partial charge in [0.25, 0.3) is 10.1 Å². The topological polar surface area (TPSA) is 154 Å². The molecule has 4 unspecified atom stereocenters. The zero-order valence-electron chi connectivity index (χ0n) is 48.9. The third-order valence-electron chi connectivity index (χ3n) is 15.0. The van der Waals surface area contributed by atoms with Crippen LogP contribution in [0.5, 0.6) is 0 Å². The molecule has 2 N–H and O–H groups in total. The van der Waals surface area contributed by atoms with Gasteiger partial charge in [-0.25, -0.2) is 0 Å². The van der Waals surface area contributed by atoms with Crippen molar-refractivity contribution < 1.29 is 46.0 Å². The summed E-state index contributed by atoms with van der Waals surface area (Å²) in [6.45, 7) is 11.1. The molecular weight excluding hydrogens is 979 g/mol. The monoisotopic (exact) mass is 1100 g/mol. The normalized spacial score (nSPS) is 13.1. The molecule has 0 radical (unpaired) electrons. The molecule has 0 spiro atoms. The van der Waals surface area contributed by atoms with Gasteiger partial charge in [0.15, 0.2) is 5.25 Å². The van der Waals surface area contributed by atoms with Crippen LogP contribution in [0.1, 0.15) is 343 Å². The molecule has 0 heterocycles. The first-order valence-electron chi connectivity index (χ1n) is 31.6. The second-order valence-corrected chi connectivity index (χ2v) is 24.3. The van der Waals surface area contributed by atoms with Crippen LogP contribution >= 0.6 is 8.25 Å². The molecule has 13 heteroatoms. The second-order valence-electron chi connectivity index (χ2n) is 21.9. The van der Waals surface area contributed by atoms with E-state index in [-0.39, 0.29) is 54.6 Å². The maximum absolute atomic E-state index is 12.2. The third-order valence-corrected chi connectivity index (χ3v) is 16.5. The van der Waals surface area contributed by atoms with Crippen LogP contribution in [0.3, 0.4) is 0 Å². The quantitative estimate of drug-likeness (QED) is 0.0198. The summed E-state index contributed by atoms with van der Waals surface area (Å²) in [7, 11) is -7.48. The van der Waals surface area contributed by atoms with Gasteiger partial charge in [-0.15, -0.1) is 0 Å². The Morgan fingerprint density at radius 3 is 0.919 bits per heavy atom. The van der Waals surface area contributed by atoms with Crippen molar-refractivity contribution in [2.45, 2.75) is 348 Å². The summed E-state index contributed by atoms with van der Waals surface area (Å²) in [6, 6.07) is 0. The van der Waals surface area contributed by atoms with Gasteiger partial charge in [0.1, 0.15) is 0 Å². The molecular formula is C61H124NaO10PS. The van der Waals surface area contributed by atoms with E-state index in [1.807, 2.05) is 13.8 Å². The molecule has 0 aromatic heterocycles. The van der Waals surface area contributed by atoms with Crippen LogP contribution in [0, 0.1) is 11.8 Å². The Hall–Kier alpha value is -0.000000000000000222. The molecule has 0 amide bonds. The summed E-state index contributed by atoms with van der Waals surface area (Å²) in [5.74, 6) is -1.61. The number of carbonyl (C=O) groups is 2. The van der Waals surface area contributed by atoms with Gasteiger partial charge in [-0.3, -0.25) is 18.7 Å². The average molecular weight is 1100 g/mol. The first-order chi connectivity index (χ1) is 35.5. The van der Waals surface area contributed by atoms with Gasteiger partial charge in [-0.2, -0.15) is 8.42 Å². The fourth-order valence-electron chi connectivity index (χ4n) is 9.70. The molecule has 0 fully saturated rings. The summed E-state index contributed by atoms with van der Waals surface area (Å²) in [6.07, 6.45) is 62.4. The second kappa shape index (κ2) is 62.2. The van der Waals surface area contributed by atoms with Crippen molar-refractivity contribution >= 4 is 59.9 Å². The van der Waals surface area contributed by atoms with Gasteiger partial charge in [0, 0.05) is 0 Å². The van der Waals surface area contributed by atoms with E-state index in [2.05, 4.69) is 20.8 Å². The van der Waals surface area contributed by atoms with Crippen molar-refractivity contribution in [1.29, 1.82) is 0 Å². The van der Waals surface area contributed by atoms with Crippen molar-refractivity contribution in [1.82, 2.24) is 0 Å². The Morgan fingerprint density at radius 2 is 0.676 bits per heavy atom. The van der Waals surface area contributed by atoms with Gasteiger partial charge in [-0.05, 0) is 31.1 Å². The van der Waals surface area contributed by atoms with Crippen molar-refractivity contribution in [3.8, 4) is 0 Å². The predicted octanol–water partition coefficient (Wildman–Crippen LogP) is 19.1. The maximum atomic E-state index is 12.2. The molecule has 0 aromatic rings. The van der Waals surface area contributed by atoms with E-state index in [0.29, 0.717) is 6.61 Å². The summed E-state index contributed by atoms with van der Waals surface area (Å²) in [5, 5.41) is -1.95. The molecule has 10 nitrogen and oxygen atoms in total. The molecule has 4 atom stereocenters. The standard InChI is InChI=1S/C41H85O3P.C20H38O7S.Na.H/c1-2-3-4-5-6-7-8-9-10-11-12-13-14-15-16-17-18-19-20-21-22-23-24-25-26-27-28-29-30-31-32-33-34-35-36-37-38-39-40-41-44-45(42)43;1-5-9-11-16(7-3)14-26-19(21)13-18(28(23,24)25)20(22)27-15-17(8-4)12-10-6-2;;/h45H,2-41H2,1H3,(H,42,43);16-18H,5-15H2,1-4H3,(H,23,24,25);;. The van der Waals surface area contributed by atoms with Crippen LogP contribution in [0.2, 0.25) is 0 Å². The number of ether oxygens (including phenoxy) is 2. The van der Waals surface area contributed by atoms with E-state index < -0.39 is 42.0 Å². The number of hydrogen-bond donors (Lipinski definition) is 2. The molecule has 0 aliphatic carbocycles. The molecule has 0 rings (SSSR count). The fraction of sp³-hybridized carbons (Fsp3) is 0.967. The van der Waals surface area contributed by atoms with Gasteiger partial charge in [0.2, 0.25) is 0 Å².